The molecular formula is C12H15ClN4O. The number of aromatic nitrogens is 4. The minimum atomic E-state index is -0.702. The summed E-state index contributed by atoms with van der Waals surface area (Å²) in [5, 5.41) is 14.9. The number of aryl methyl sites for hydroxylation is 3. The van der Waals surface area contributed by atoms with Gasteiger partial charge in [-0.25, -0.2) is 9.97 Å². The topological polar surface area (TPSA) is 63.8 Å². The van der Waals surface area contributed by atoms with Gasteiger partial charge in [0.25, 0.3) is 0 Å². The number of hydrogen-bond acceptors (Lipinski definition) is 4. The van der Waals surface area contributed by atoms with Crippen LogP contribution in [0.25, 0.3) is 0 Å². The van der Waals surface area contributed by atoms with E-state index in [0.29, 0.717) is 23.1 Å². The Labute approximate surface area is 110 Å². The molecule has 5 nitrogen and oxygen atoms in total. The Hall–Kier alpha value is -1.46. The predicted octanol–water partition coefficient (Wildman–Crippen LogP) is 1.76. The van der Waals surface area contributed by atoms with E-state index in [9.17, 15) is 5.11 Å². The first-order valence-corrected chi connectivity index (χ1v) is 6.02. The van der Waals surface area contributed by atoms with E-state index in [1.807, 2.05) is 6.92 Å². The van der Waals surface area contributed by atoms with Crippen molar-refractivity contribution in [3.63, 3.8) is 0 Å². The number of nitrogens with zero attached hydrogens (tertiary/aromatic N) is 4. The molecule has 2 aromatic heterocycles. The van der Waals surface area contributed by atoms with Crippen LogP contribution >= 0.6 is 11.6 Å². The highest BCUT2D eigenvalue weighted by Crippen LogP contribution is 2.24. The van der Waals surface area contributed by atoms with Crippen molar-refractivity contribution >= 4 is 11.6 Å². The standard InChI is InChI=1S/C12H15ClN4O/c1-7-9(12(13)17(3)16-7)6-11(18)10-4-5-14-8(2)15-10/h4-5,11,18H,6H2,1-3H3. The molecular weight excluding hydrogens is 252 g/mol. The summed E-state index contributed by atoms with van der Waals surface area (Å²) in [6.07, 6.45) is 1.33. The molecule has 0 radical (unpaired) electrons. The highest BCUT2D eigenvalue weighted by atomic mass is 35.5. The fourth-order valence-electron chi connectivity index (χ4n) is 1.86. The Bertz CT molecular complexity index is 567. The van der Waals surface area contributed by atoms with Crippen LogP contribution in [0, 0.1) is 13.8 Å². The molecule has 0 spiro atoms. The van der Waals surface area contributed by atoms with Gasteiger partial charge in [0.2, 0.25) is 0 Å². The van der Waals surface area contributed by atoms with Gasteiger partial charge in [0, 0.05) is 25.2 Å². The lowest BCUT2D eigenvalue weighted by Gasteiger charge is -2.10. The van der Waals surface area contributed by atoms with E-state index in [1.54, 1.807) is 30.9 Å². The second-order valence-corrected chi connectivity index (χ2v) is 4.59. The molecule has 0 aliphatic rings. The Balaban J connectivity index is 2.24. The summed E-state index contributed by atoms with van der Waals surface area (Å²) in [5.74, 6) is 0.639. The van der Waals surface area contributed by atoms with Gasteiger partial charge in [-0.15, -0.1) is 0 Å². The summed E-state index contributed by atoms with van der Waals surface area (Å²) in [6.45, 7) is 3.66. The second-order valence-electron chi connectivity index (χ2n) is 4.23. The zero-order valence-corrected chi connectivity index (χ0v) is 11.3. The molecule has 1 N–H and O–H groups in total. The van der Waals surface area contributed by atoms with Crippen LogP contribution in [0.5, 0.6) is 0 Å². The predicted molar refractivity (Wildman–Crippen MR) is 68.4 cm³/mol. The zero-order chi connectivity index (χ0) is 13.3. The van der Waals surface area contributed by atoms with E-state index in [-0.39, 0.29) is 0 Å². The molecule has 0 fully saturated rings. The Morgan fingerprint density at radius 2 is 2.17 bits per heavy atom. The maximum Gasteiger partial charge on any atom is 0.130 e. The molecule has 0 bridgehead atoms. The van der Waals surface area contributed by atoms with E-state index in [1.165, 1.54) is 0 Å². The van der Waals surface area contributed by atoms with Gasteiger partial charge in [0.15, 0.2) is 0 Å². The number of halogens is 1. The largest absolute Gasteiger partial charge is 0.386 e. The van der Waals surface area contributed by atoms with Crippen LogP contribution in [0.2, 0.25) is 5.15 Å². The van der Waals surface area contributed by atoms with Crippen LogP contribution in [-0.4, -0.2) is 24.9 Å². The van der Waals surface area contributed by atoms with Gasteiger partial charge in [-0.05, 0) is 19.9 Å². The number of rotatable bonds is 3. The third-order valence-corrected chi connectivity index (χ3v) is 3.28. The lowest BCUT2D eigenvalue weighted by Crippen LogP contribution is -2.06. The van der Waals surface area contributed by atoms with Crippen molar-refractivity contribution in [1.82, 2.24) is 19.7 Å². The van der Waals surface area contributed by atoms with E-state index < -0.39 is 6.10 Å². The molecule has 6 heteroatoms. The molecule has 0 aromatic carbocycles. The molecule has 0 aliphatic carbocycles. The van der Waals surface area contributed by atoms with Crippen molar-refractivity contribution in [2.45, 2.75) is 26.4 Å². The average molecular weight is 267 g/mol. The third-order valence-electron chi connectivity index (χ3n) is 2.81. The van der Waals surface area contributed by atoms with Crippen LogP contribution in [-0.2, 0) is 13.5 Å². The van der Waals surface area contributed by atoms with Crippen molar-refractivity contribution < 1.29 is 5.11 Å². The number of hydrogen-bond donors (Lipinski definition) is 1. The Morgan fingerprint density at radius 3 is 2.72 bits per heavy atom. The van der Waals surface area contributed by atoms with Gasteiger partial charge in [-0.2, -0.15) is 5.10 Å². The van der Waals surface area contributed by atoms with Crippen molar-refractivity contribution in [2.24, 2.45) is 7.05 Å². The van der Waals surface area contributed by atoms with Crippen molar-refractivity contribution in [3.8, 4) is 0 Å². The molecule has 1 atom stereocenters. The van der Waals surface area contributed by atoms with Crippen LogP contribution in [0.3, 0.4) is 0 Å². The lowest BCUT2D eigenvalue weighted by molar-refractivity contribution is 0.173. The molecule has 2 heterocycles. The first-order valence-electron chi connectivity index (χ1n) is 5.64. The normalized spacial score (nSPS) is 12.7. The lowest BCUT2D eigenvalue weighted by atomic mass is 10.1. The second kappa shape index (κ2) is 5.04. The quantitative estimate of drug-likeness (QED) is 0.919. The molecule has 0 saturated heterocycles. The first kappa shape index (κ1) is 13.0. The van der Waals surface area contributed by atoms with Crippen LogP contribution < -0.4 is 0 Å². The van der Waals surface area contributed by atoms with E-state index >= 15 is 0 Å². The summed E-state index contributed by atoms with van der Waals surface area (Å²) in [7, 11) is 1.78. The fourth-order valence-corrected chi connectivity index (χ4v) is 2.12. The SMILES string of the molecule is Cc1nccc(C(O)Cc2c(C)nn(C)c2Cl)n1. The maximum atomic E-state index is 10.2. The molecule has 0 aliphatic heterocycles. The highest BCUT2D eigenvalue weighted by Gasteiger charge is 2.17. The van der Waals surface area contributed by atoms with Crippen molar-refractivity contribution in [1.29, 1.82) is 0 Å². The minimum Gasteiger partial charge on any atom is -0.386 e. The molecule has 2 rings (SSSR count). The summed E-state index contributed by atoms with van der Waals surface area (Å²) in [4.78, 5) is 8.21. The molecule has 96 valence electrons. The summed E-state index contributed by atoms with van der Waals surface area (Å²) >= 11 is 6.13. The fraction of sp³-hybridized carbons (Fsp3) is 0.417. The van der Waals surface area contributed by atoms with Gasteiger partial charge in [0.1, 0.15) is 17.1 Å². The van der Waals surface area contributed by atoms with Crippen LogP contribution in [0.4, 0.5) is 0 Å². The van der Waals surface area contributed by atoms with Gasteiger partial charge in [-0.1, -0.05) is 11.6 Å². The van der Waals surface area contributed by atoms with Gasteiger partial charge in [0.05, 0.1) is 11.4 Å². The highest BCUT2D eigenvalue weighted by molar-refractivity contribution is 6.30. The van der Waals surface area contributed by atoms with Crippen molar-refractivity contribution in [3.05, 3.63) is 40.2 Å². The number of aliphatic hydroxyl groups is 1. The molecule has 2 aromatic rings. The van der Waals surface area contributed by atoms with E-state index in [0.717, 1.165) is 11.3 Å². The maximum absolute atomic E-state index is 10.2. The van der Waals surface area contributed by atoms with Crippen LogP contribution in [0.1, 0.15) is 28.9 Å². The molecule has 0 amide bonds. The van der Waals surface area contributed by atoms with E-state index in [2.05, 4.69) is 15.1 Å². The zero-order valence-electron chi connectivity index (χ0n) is 10.6. The smallest absolute Gasteiger partial charge is 0.130 e. The summed E-state index contributed by atoms with van der Waals surface area (Å²) < 4.78 is 1.60. The Morgan fingerprint density at radius 1 is 1.44 bits per heavy atom. The van der Waals surface area contributed by atoms with Crippen molar-refractivity contribution in [2.75, 3.05) is 0 Å². The van der Waals surface area contributed by atoms with E-state index in [4.69, 9.17) is 11.6 Å². The molecule has 1 unspecified atom stereocenters. The number of aliphatic hydroxyl groups excluding tert-OH is 1. The molecule has 18 heavy (non-hydrogen) atoms. The van der Waals surface area contributed by atoms with Crippen LogP contribution in [0.15, 0.2) is 12.3 Å². The minimum absolute atomic E-state index is 0.398. The molecule has 0 saturated carbocycles. The monoisotopic (exact) mass is 266 g/mol. The third kappa shape index (κ3) is 2.52. The average Bonchev–Trinajstić information content (AvgIpc) is 2.56. The van der Waals surface area contributed by atoms with Gasteiger partial charge < -0.3 is 5.11 Å². The van der Waals surface area contributed by atoms with Gasteiger partial charge in [-0.3, -0.25) is 4.68 Å². The summed E-state index contributed by atoms with van der Waals surface area (Å²) in [6, 6.07) is 1.71. The first-order chi connectivity index (χ1) is 8.49. The Kier molecular flexibility index (Phi) is 3.63. The van der Waals surface area contributed by atoms with Gasteiger partial charge >= 0.3 is 0 Å². The summed E-state index contributed by atoms with van der Waals surface area (Å²) in [5.41, 5.74) is 2.28.